The predicted molar refractivity (Wildman–Crippen MR) is 133 cm³/mol. The first-order valence-corrected chi connectivity index (χ1v) is 11.7. The number of carbonyl (C=O) groups is 2. The van der Waals surface area contributed by atoms with Gasteiger partial charge >= 0.3 is 11.9 Å². The quantitative estimate of drug-likeness (QED) is 0.501. The average Bonchev–Trinajstić information content (AvgIpc) is 3.33. The van der Waals surface area contributed by atoms with E-state index in [9.17, 15) is 9.59 Å². The van der Waals surface area contributed by atoms with Crippen molar-refractivity contribution in [3.05, 3.63) is 87.6 Å². The zero-order chi connectivity index (χ0) is 24.4. The third kappa shape index (κ3) is 4.39. The van der Waals surface area contributed by atoms with E-state index in [1.807, 2.05) is 29.6 Å². The van der Waals surface area contributed by atoms with Gasteiger partial charge in [0.1, 0.15) is 5.01 Å². The second kappa shape index (κ2) is 9.65. The number of hydrogen-bond acceptors (Lipinski definition) is 7. The van der Waals surface area contributed by atoms with Crippen molar-refractivity contribution in [2.24, 2.45) is 0 Å². The van der Waals surface area contributed by atoms with Crippen LogP contribution >= 0.6 is 11.3 Å². The predicted octanol–water partition coefficient (Wildman–Crippen LogP) is 5.37. The first-order chi connectivity index (χ1) is 16.3. The number of allylic oxidation sites excluding steroid dienone is 2. The summed E-state index contributed by atoms with van der Waals surface area (Å²) in [7, 11) is 2.67. The lowest BCUT2D eigenvalue weighted by molar-refractivity contribution is -0.137. The number of dihydropyridines is 1. The number of methoxy groups -OCH3 is 2. The van der Waals surface area contributed by atoms with Crippen molar-refractivity contribution in [3.63, 3.8) is 0 Å². The molecule has 0 bridgehead atoms. The van der Waals surface area contributed by atoms with Gasteiger partial charge in [0.05, 0.1) is 37.0 Å². The van der Waals surface area contributed by atoms with Gasteiger partial charge in [-0.25, -0.2) is 14.6 Å². The van der Waals surface area contributed by atoms with Crippen LogP contribution in [0.5, 0.6) is 0 Å². The van der Waals surface area contributed by atoms with Crippen LogP contribution in [0.4, 0.5) is 0 Å². The molecule has 6 nitrogen and oxygen atoms in total. The van der Waals surface area contributed by atoms with Gasteiger partial charge in [0.25, 0.3) is 0 Å². The van der Waals surface area contributed by atoms with E-state index in [2.05, 4.69) is 36.5 Å². The number of benzene rings is 2. The largest absolute Gasteiger partial charge is 0.466 e. The molecule has 174 valence electrons. The summed E-state index contributed by atoms with van der Waals surface area (Å²) in [4.78, 5) is 30.4. The molecule has 0 radical (unpaired) electrons. The van der Waals surface area contributed by atoms with E-state index in [1.54, 1.807) is 25.2 Å². The molecular weight excluding hydrogens is 448 g/mol. The van der Waals surface area contributed by atoms with Gasteiger partial charge in [0, 0.05) is 27.9 Å². The Kier molecular flexibility index (Phi) is 6.65. The molecule has 7 heteroatoms. The fourth-order valence-corrected chi connectivity index (χ4v) is 5.03. The molecule has 0 amide bonds. The highest BCUT2D eigenvalue weighted by molar-refractivity contribution is 7.13. The monoisotopic (exact) mass is 474 g/mol. The molecule has 0 spiro atoms. The topological polar surface area (TPSA) is 77.5 Å². The SMILES string of the molecule is COC(=O)C1=C(C)NC(C)=C(C(=O)OC)C1c1cccc(-c2nc(-c3ccc(C)cc3)cs2)c1. The Morgan fingerprint density at radius 1 is 0.882 bits per heavy atom. The zero-order valence-electron chi connectivity index (χ0n) is 19.8. The van der Waals surface area contributed by atoms with Crippen LogP contribution in [0.15, 0.2) is 76.5 Å². The van der Waals surface area contributed by atoms with Gasteiger partial charge in [0.2, 0.25) is 0 Å². The number of ether oxygens (including phenoxy) is 2. The van der Waals surface area contributed by atoms with Crippen LogP contribution in [0, 0.1) is 6.92 Å². The summed E-state index contributed by atoms with van der Waals surface area (Å²) < 4.78 is 10.1. The van der Waals surface area contributed by atoms with Crippen molar-refractivity contribution < 1.29 is 19.1 Å². The lowest BCUT2D eigenvalue weighted by Crippen LogP contribution is -2.32. The summed E-state index contributed by atoms with van der Waals surface area (Å²) in [5.74, 6) is -1.62. The first-order valence-electron chi connectivity index (χ1n) is 10.8. The van der Waals surface area contributed by atoms with Gasteiger partial charge in [-0.05, 0) is 32.4 Å². The Labute approximate surface area is 202 Å². The van der Waals surface area contributed by atoms with Crippen molar-refractivity contribution in [2.75, 3.05) is 14.2 Å². The number of aryl methyl sites for hydroxylation is 1. The maximum absolute atomic E-state index is 12.8. The number of thiazole rings is 1. The molecule has 3 aromatic rings. The molecule has 1 N–H and O–H groups in total. The minimum absolute atomic E-state index is 0.380. The van der Waals surface area contributed by atoms with E-state index in [1.165, 1.54) is 19.8 Å². The lowest BCUT2D eigenvalue weighted by atomic mass is 9.80. The van der Waals surface area contributed by atoms with Crippen LogP contribution in [0.1, 0.15) is 30.9 Å². The molecule has 2 heterocycles. The van der Waals surface area contributed by atoms with E-state index < -0.39 is 17.9 Å². The van der Waals surface area contributed by atoms with Gasteiger partial charge in [-0.1, -0.05) is 48.0 Å². The van der Waals surface area contributed by atoms with Crippen LogP contribution in [0.2, 0.25) is 0 Å². The number of carbonyl (C=O) groups excluding carboxylic acids is 2. The molecule has 0 unspecified atom stereocenters. The third-order valence-corrected chi connectivity index (χ3v) is 6.78. The highest BCUT2D eigenvalue weighted by atomic mass is 32.1. The van der Waals surface area contributed by atoms with E-state index in [-0.39, 0.29) is 0 Å². The summed E-state index contributed by atoms with van der Waals surface area (Å²) in [6, 6.07) is 16.0. The Bertz CT molecular complexity index is 1280. The van der Waals surface area contributed by atoms with Crippen molar-refractivity contribution in [3.8, 4) is 21.8 Å². The summed E-state index contributed by atoms with van der Waals surface area (Å²) in [5, 5.41) is 6.02. The number of aromatic nitrogens is 1. The fraction of sp³-hybridized carbons (Fsp3) is 0.222. The van der Waals surface area contributed by atoms with Gasteiger partial charge in [-0.15, -0.1) is 11.3 Å². The smallest absolute Gasteiger partial charge is 0.336 e. The molecule has 4 rings (SSSR count). The van der Waals surface area contributed by atoms with Gasteiger partial charge in [0.15, 0.2) is 0 Å². The second-order valence-electron chi connectivity index (χ2n) is 8.15. The normalized spacial score (nSPS) is 14.1. The number of nitrogens with one attached hydrogen (secondary N) is 1. The average molecular weight is 475 g/mol. The molecule has 34 heavy (non-hydrogen) atoms. The minimum Gasteiger partial charge on any atom is -0.466 e. The zero-order valence-corrected chi connectivity index (χ0v) is 20.6. The molecule has 2 aromatic carbocycles. The summed E-state index contributed by atoms with van der Waals surface area (Å²) in [5.41, 5.74) is 6.89. The maximum Gasteiger partial charge on any atom is 0.336 e. The van der Waals surface area contributed by atoms with Crippen LogP contribution in [-0.4, -0.2) is 31.1 Å². The van der Waals surface area contributed by atoms with Gasteiger partial charge in [-0.3, -0.25) is 0 Å². The molecule has 0 saturated carbocycles. The van der Waals surface area contributed by atoms with Crippen molar-refractivity contribution >= 4 is 23.3 Å². The molecule has 0 saturated heterocycles. The highest BCUT2D eigenvalue weighted by Crippen LogP contribution is 2.40. The lowest BCUT2D eigenvalue weighted by Gasteiger charge is -2.30. The first kappa shape index (κ1) is 23.4. The third-order valence-electron chi connectivity index (χ3n) is 5.89. The molecule has 1 aliphatic heterocycles. The minimum atomic E-state index is -0.627. The second-order valence-corrected chi connectivity index (χ2v) is 9.01. The van der Waals surface area contributed by atoms with Crippen molar-refractivity contribution in [2.45, 2.75) is 26.7 Å². The standard InChI is InChI=1S/C27H26N2O4S/c1-15-9-11-18(12-10-15)21-14-34-25(29-21)20-8-6-7-19(13-20)24-22(26(30)32-4)16(2)28-17(3)23(24)27(31)33-5/h6-14,24,28H,1-5H3. The molecule has 0 fully saturated rings. The van der Waals surface area contributed by atoms with Gasteiger partial charge < -0.3 is 14.8 Å². The van der Waals surface area contributed by atoms with Crippen LogP contribution in [-0.2, 0) is 19.1 Å². The van der Waals surface area contributed by atoms with Crippen LogP contribution in [0.25, 0.3) is 21.8 Å². The molecule has 1 aromatic heterocycles. The van der Waals surface area contributed by atoms with Gasteiger partial charge in [-0.2, -0.15) is 0 Å². The molecular formula is C27H26N2O4S. The Balaban J connectivity index is 1.79. The van der Waals surface area contributed by atoms with Crippen LogP contribution < -0.4 is 5.32 Å². The molecule has 1 aliphatic rings. The molecule has 0 atom stereocenters. The highest BCUT2D eigenvalue weighted by Gasteiger charge is 2.37. The Morgan fingerprint density at radius 2 is 1.50 bits per heavy atom. The maximum atomic E-state index is 12.8. The van der Waals surface area contributed by atoms with E-state index >= 15 is 0 Å². The van der Waals surface area contributed by atoms with E-state index in [4.69, 9.17) is 14.5 Å². The van der Waals surface area contributed by atoms with Crippen molar-refractivity contribution in [1.82, 2.24) is 10.3 Å². The fourth-order valence-electron chi connectivity index (χ4n) is 4.20. The number of rotatable bonds is 5. The summed E-state index contributed by atoms with van der Waals surface area (Å²) >= 11 is 1.55. The Morgan fingerprint density at radius 3 is 2.09 bits per heavy atom. The van der Waals surface area contributed by atoms with Crippen LogP contribution in [0.3, 0.4) is 0 Å². The summed E-state index contributed by atoms with van der Waals surface area (Å²) in [6.45, 7) is 5.66. The number of hydrogen-bond donors (Lipinski definition) is 1. The number of nitrogens with zero attached hydrogens (tertiary/aromatic N) is 1. The molecule has 0 aliphatic carbocycles. The van der Waals surface area contributed by atoms with E-state index in [0.29, 0.717) is 22.5 Å². The summed E-state index contributed by atoms with van der Waals surface area (Å²) in [6.07, 6.45) is 0. The van der Waals surface area contributed by atoms with Crippen molar-refractivity contribution in [1.29, 1.82) is 0 Å². The number of esters is 2. The Hall–Kier alpha value is -3.71. The van der Waals surface area contributed by atoms with E-state index in [0.717, 1.165) is 27.4 Å².